The topological polar surface area (TPSA) is 82.8 Å². The summed E-state index contributed by atoms with van der Waals surface area (Å²) in [6.45, 7) is 0. The molecule has 19 heavy (non-hydrogen) atoms. The summed E-state index contributed by atoms with van der Waals surface area (Å²) in [6.07, 6.45) is 1.76. The quantitative estimate of drug-likeness (QED) is 0.710. The van der Waals surface area contributed by atoms with Crippen LogP contribution in [0.5, 0.6) is 0 Å². The number of halogens is 1. The Labute approximate surface area is 107 Å². The molecular weight excluding hydrogens is 249 g/mol. The molecule has 0 bridgehead atoms. The summed E-state index contributed by atoms with van der Waals surface area (Å²) in [4.78, 5) is 4.12. The first-order valence-corrected chi connectivity index (χ1v) is 5.52. The molecule has 0 spiro atoms. The van der Waals surface area contributed by atoms with Gasteiger partial charge in [0.15, 0.2) is 0 Å². The second kappa shape index (κ2) is 4.20. The van der Waals surface area contributed by atoms with Gasteiger partial charge in [-0.2, -0.15) is 10.1 Å². The number of benzene rings is 1. The standard InChI is InChI=1S/C12H10FN5O/c1-18-5-4-10(16-18)11-15-12(19-17-11)8-6-7(14)2-3-9(8)13/h2-6H,14H2,1H3. The third-order valence-corrected chi connectivity index (χ3v) is 2.59. The Kier molecular flexibility index (Phi) is 2.52. The van der Waals surface area contributed by atoms with E-state index in [2.05, 4.69) is 15.2 Å². The van der Waals surface area contributed by atoms with E-state index in [9.17, 15) is 4.39 Å². The van der Waals surface area contributed by atoms with Gasteiger partial charge in [0.2, 0.25) is 5.82 Å². The lowest BCUT2D eigenvalue weighted by Crippen LogP contribution is -1.90. The maximum Gasteiger partial charge on any atom is 0.261 e. The SMILES string of the molecule is Cn1ccc(-c2noc(-c3cc(N)ccc3F)n2)n1. The average molecular weight is 259 g/mol. The molecule has 0 atom stereocenters. The van der Waals surface area contributed by atoms with Crippen molar-refractivity contribution in [1.29, 1.82) is 0 Å². The van der Waals surface area contributed by atoms with E-state index in [-0.39, 0.29) is 11.5 Å². The first-order chi connectivity index (χ1) is 9.13. The summed E-state index contributed by atoms with van der Waals surface area (Å²) in [5.74, 6) is -0.0895. The van der Waals surface area contributed by atoms with Gasteiger partial charge in [-0.05, 0) is 24.3 Å². The molecule has 2 heterocycles. The lowest BCUT2D eigenvalue weighted by Gasteiger charge is -1.98. The number of anilines is 1. The van der Waals surface area contributed by atoms with Gasteiger partial charge in [-0.1, -0.05) is 5.16 Å². The van der Waals surface area contributed by atoms with E-state index in [1.807, 2.05) is 0 Å². The van der Waals surface area contributed by atoms with E-state index in [1.165, 1.54) is 18.2 Å². The fourth-order valence-electron chi connectivity index (χ4n) is 1.68. The Balaban J connectivity index is 2.03. The van der Waals surface area contributed by atoms with Gasteiger partial charge in [0.1, 0.15) is 11.5 Å². The van der Waals surface area contributed by atoms with E-state index in [4.69, 9.17) is 10.3 Å². The lowest BCUT2D eigenvalue weighted by molar-refractivity contribution is 0.429. The van der Waals surface area contributed by atoms with Gasteiger partial charge in [0.05, 0.1) is 5.56 Å². The van der Waals surface area contributed by atoms with Gasteiger partial charge in [-0.25, -0.2) is 4.39 Å². The largest absolute Gasteiger partial charge is 0.399 e. The molecule has 0 radical (unpaired) electrons. The molecule has 2 aromatic heterocycles. The number of nitrogen functional groups attached to an aromatic ring is 1. The van der Waals surface area contributed by atoms with Crippen LogP contribution in [-0.2, 0) is 7.05 Å². The highest BCUT2D eigenvalue weighted by Gasteiger charge is 2.15. The van der Waals surface area contributed by atoms with Crippen LogP contribution < -0.4 is 5.73 Å². The third kappa shape index (κ3) is 2.05. The predicted octanol–water partition coefficient (Wildman–Crippen LogP) is 1.86. The fourth-order valence-corrected chi connectivity index (χ4v) is 1.68. The van der Waals surface area contributed by atoms with E-state index in [0.29, 0.717) is 17.2 Å². The van der Waals surface area contributed by atoms with Crippen LogP contribution in [0.1, 0.15) is 0 Å². The Bertz CT molecular complexity index is 733. The van der Waals surface area contributed by atoms with Crippen molar-refractivity contribution in [1.82, 2.24) is 19.9 Å². The van der Waals surface area contributed by atoms with Gasteiger partial charge < -0.3 is 10.3 Å². The smallest absolute Gasteiger partial charge is 0.261 e. The van der Waals surface area contributed by atoms with E-state index in [1.54, 1.807) is 24.0 Å². The third-order valence-electron chi connectivity index (χ3n) is 2.59. The maximum absolute atomic E-state index is 13.7. The summed E-state index contributed by atoms with van der Waals surface area (Å²) in [5, 5.41) is 7.92. The fraction of sp³-hybridized carbons (Fsp3) is 0.0833. The number of aromatic nitrogens is 4. The highest BCUT2D eigenvalue weighted by molar-refractivity contribution is 5.62. The van der Waals surface area contributed by atoms with Crippen LogP contribution in [0.4, 0.5) is 10.1 Å². The normalized spacial score (nSPS) is 10.8. The maximum atomic E-state index is 13.7. The minimum absolute atomic E-state index is 0.0745. The molecule has 0 aliphatic heterocycles. The zero-order chi connectivity index (χ0) is 13.4. The Morgan fingerprint density at radius 1 is 1.32 bits per heavy atom. The molecule has 0 saturated carbocycles. The molecule has 0 amide bonds. The Morgan fingerprint density at radius 3 is 2.89 bits per heavy atom. The van der Waals surface area contributed by atoms with E-state index >= 15 is 0 Å². The van der Waals surface area contributed by atoms with Crippen molar-refractivity contribution in [2.24, 2.45) is 7.05 Å². The number of aryl methyl sites for hydroxylation is 1. The Morgan fingerprint density at radius 2 is 2.16 bits per heavy atom. The zero-order valence-electron chi connectivity index (χ0n) is 10.0. The second-order valence-electron chi connectivity index (χ2n) is 4.04. The molecule has 1 aromatic carbocycles. The number of nitrogens with two attached hydrogens (primary N) is 1. The van der Waals surface area contributed by atoms with E-state index in [0.717, 1.165) is 0 Å². The number of hydrogen-bond acceptors (Lipinski definition) is 5. The molecule has 0 unspecified atom stereocenters. The number of hydrogen-bond donors (Lipinski definition) is 1. The molecule has 3 aromatic rings. The minimum Gasteiger partial charge on any atom is -0.399 e. The molecule has 0 aliphatic carbocycles. The monoisotopic (exact) mass is 259 g/mol. The summed E-state index contributed by atoms with van der Waals surface area (Å²) in [5.41, 5.74) is 6.77. The van der Waals surface area contributed by atoms with Crippen molar-refractivity contribution < 1.29 is 8.91 Å². The van der Waals surface area contributed by atoms with Crippen LogP contribution >= 0.6 is 0 Å². The highest BCUT2D eigenvalue weighted by atomic mass is 19.1. The van der Waals surface area contributed by atoms with Gasteiger partial charge in [0.25, 0.3) is 5.89 Å². The highest BCUT2D eigenvalue weighted by Crippen LogP contribution is 2.25. The van der Waals surface area contributed by atoms with Crippen molar-refractivity contribution >= 4 is 5.69 Å². The van der Waals surface area contributed by atoms with Gasteiger partial charge >= 0.3 is 0 Å². The molecule has 3 rings (SSSR count). The van der Waals surface area contributed by atoms with Crippen LogP contribution in [0.3, 0.4) is 0 Å². The second-order valence-corrected chi connectivity index (χ2v) is 4.04. The van der Waals surface area contributed by atoms with Crippen LogP contribution in [0, 0.1) is 5.82 Å². The first kappa shape index (κ1) is 11.4. The molecule has 7 heteroatoms. The molecule has 2 N–H and O–H groups in total. The van der Waals surface area contributed by atoms with E-state index < -0.39 is 5.82 Å². The average Bonchev–Trinajstić information content (AvgIpc) is 3.00. The van der Waals surface area contributed by atoms with Crippen LogP contribution in [0.25, 0.3) is 23.0 Å². The van der Waals surface area contributed by atoms with Gasteiger partial charge in [-0.3, -0.25) is 4.68 Å². The van der Waals surface area contributed by atoms with Gasteiger partial charge in [-0.15, -0.1) is 0 Å². The van der Waals surface area contributed by atoms with Crippen molar-refractivity contribution in [3.8, 4) is 23.0 Å². The minimum atomic E-state index is -0.467. The lowest BCUT2D eigenvalue weighted by atomic mass is 10.2. The van der Waals surface area contributed by atoms with Crippen molar-refractivity contribution in [2.75, 3.05) is 5.73 Å². The molecule has 96 valence electrons. The Hall–Kier alpha value is -2.70. The summed E-state index contributed by atoms with van der Waals surface area (Å²) < 4.78 is 20.3. The van der Waals surface area contributed by atoms with Crippen LogP contribution in [0.15, 0.2) is 35.0 Å². The number of nitrogens with zero attached hydrogens (tertiary/aromatic N) is 4. The van der Waals surface area contributed by atoms with Crippen LogP contribution in [0.2, 0.25) is 0 Å². The van der Waals surface area contributed by atoms with Crippen LogP contribution in [-0.4, -0.2) is 19.9 Å². The van der Waals surface area contributed by atoms with Crippen molar-refractivity contribution in [2.45, 2.75) is 0 Å². The zero-order valence-corrected chi connectivity index (χ0v) is 10.0. The predicted molar refractivity (Wildman–Crippen MR) is 66.3 cm³/mol. The first-order valence-electron chi connectivity index (χ1n) is 5.52. The molecular formula is C12H10FN5O. The summed E-state index contributed by atoms with van der Waals surface area (Å²) in [7, 11) is 1.78. The molecule has 0 fully saturated rings. The molecule has 0 saturated heterocycles. The molecule has 0 aliphatic rings. The summed E-state index contributed by atoms with van der Waals surface area (Å²) >= 11 is 0. The van der Waals surface area contributed by atoms with Gasteiger partial charge in [0, 0.05) is 18.9 Å². The van der Waals surface area contributed by atoms with Crippen molar-refractivity contribution in [3.05, 3.63) is 36.3 Å². The van der Waals surface area contributed by atoms with Crippen molar-refractivity contribution in [3.63, 3.8) is 0 Å². The summed E-state index contributed by atoms with van der Waals surface area (Å²) in [6, 6.07) is 5.92. The number of rotatable bonds is 2. The molecule has 6 nitrogen and oxygen atoms in total.